The molecule has 1 heterocycles. The van der Waals surface area contributed by atoms with Crippen molar-refractivity contribution in [1.29, 1.82) is 0 Å². The minimum atomic E-state index is -0.211. The first kappa shape index (κ1) is 11.8. The van der Waals surface area contributed by atoms with Gasteiger partial charge in [0.2, 0.25) is 0 Å². The van der Waals surface area contributed by atoms with Gasteiger partial charge in [-0.05, 0) is 38.6 Å². The number of halogens is 1. The maximum Gasteiger partial charge on any atom is 0.130 e. The molecule has 0 fully saturated rings. The number of nitrogens with zero attached hydrogens (tertiary/aromatic N) is 2. The van der Waals surface area contributed by atoms with Gasteiger partial charge in [-0.2, -0.15) is 5.10 Å². The minimum absolute atomic E-state index is 0.0595. The highest BCUT2D eigenvalue weighted by Crippen LogP contribution is 2.24. The number of hydrogen-bond donors (Lipinski definition) is 1. The monoisotopic (exact) mass is 233 g/mol. The normalized spacial score (nSPS) is 12.7. The molecule has 0 radical (unpaired) electrons. The Bertz CT molecular complexity index is 519. The maximum absolute atomic E-state index is 13.9. The molecule has 0 aliphatic heterocycles. The predicted molar refractivity (Wildman–Crippen MR) is 65.7 cm³/mol. The van der Waals surface area contributed by atoms with E-state index in [0.717, 1.165) is 11.3 Å². The average molecular weight is 233 g/mol. The average Bonchev–Trinajstić information content (AvgIpc) is 2.74. The summed E-state index contributed by atoms with van der Waals surface area (Å²) in [6, 6.07) is 4.99. The number of nitrogens with one attached hydrogen (secondary N) is 1. The third-order valence-corrected chi connectivity index (χ3v) is 2.85. The topological polar surface area (TPSA) is 29.9 Å². The first-order valence-corrected chi connectivity index (χ1v) is 5.61. The van der Waals surface area contributed by atoms with Crippen molar-refractivity contribution in [3.8, 4) is 5.69 Å². The highest BCUT2D eigenvalue weighted by Gasteiger charge is 2.15. The Morgan fingerprint density at radius 2 is 2.18 bits per heavy atom. The molecule has 0 saturated heterocycles. The lowest BCUT2D eigenvalue weighted by Crippen LogP contribution is -2.17. The van der Waals surface area contributed by atoms with E-state index in [1.54, 1.807) is 16.9 Å². The van der Waals surface area contributed by atoms with Crippen LogP contribution in [0.15, 0.2) is 30.6 Å². The molecule has 90 valence electrons. The molecule has 1 atom stereocenters. The van der Waals surface area contributed by atoms with Crippen LogP contribution in [0.4, 0.5) is 4.39 Å². The third kappa shape index (κ3) is 2.22. The van der Waals surface area contributed by atoms with Crippen molar-refractivity contribution in [3.05, 3.63) is 47.5 Å². The van der Waals surface area contributed by atoms with Gasteiger partial charge in [0, 0.05) is 17.8 Å². The van der Waals surface area contributed by atoms with E-state index in [4.69, 9.17) is 0 Å². The van der Waals surface area contributed by atoms with Gasteiger partial charge in [0.05, 0.1) is 11.9 Å². The van der Waals surface area contributed by atoms with Gasteiger partial charge >= 0.3 is 0 Å². The Morgan fingerprint density at radius 1 is 1.41 bits per heavy atom. The van der Waals surface area contributed by atoms with Crippen molar-refractivity contribution >= 4 is 0 Å². The lowest BCUT2D eigenvalue weighted by Gasteiger charge is -2.16. The zero-order valence-electron chi connectivity index (χ0n) is 10.2. The fourth-order valence-corrected chi connectivity index (χ4v) is 1.84. The van der Waals surface area contributed by atoms with Crippen molar-refractivity contribution in [2.45, 2.75) is 19.9 Å². The molecule has 3 nitrogen and oxygen atoms in total. The Morgan fingerprint density at radius 3 is 2.76 bits per heavy atom. The molecule has 0 bridgehead atoms. The Hall–Kier alpha value is -1.68. The number of aromatic nitrogens is 2. The van der Waals surface area contributed by atoms with Crippen molar-refractivity contribution in [1.82, 2.24) is 15.1 Å². The summed E-state index contributed by atoms with van der Waals surface area (Å²) in [5.41, 5.74) is 2.47. The molecule has 0 aliphatic rings. The smallest absolute Gasteiger partial charge is 0.130 e. The van der Waals surface area contributed by atoms with Crippen molar-refractivity contribution in [2.24, 2.45) is 0 Å². The summed E-state index contributed by atoms with van der Waals surface area (Å²) in [6.07, 6.45) is 3.65. The fourth-order valence-electron chi connectivity index (χ4n) is 1.84. The Labute approximate surface area is 100 Å². The zero-order valence-corrected chi connectivity index (χ0v) is 10.2. The van der Waals surface area contributed by atoms with Crippen molar-refractivity contribution < 1.29 is 4.39 Å². The molecule has 1 aromatic carbocycles. The van der Waals surface area contributed by atoms with Crippen LogP contribution in [0.25, 0.3) is 5.69 Å². The van der Waals surface area contributed by atoms with E-state index in [1.807, 2.05) is 33.2 Å². The van der Waals surface area contributed by atoms with Gasteiger partial charge in [-0.1, -0.05) is 6.07 Å². The molecule has 4 heteroatoms. The van der Waals surface area contributed by atoms with Crippen LogP contribution in [0.3, 0.4) is 0 Å². The van der Waals surface area contributed by atoms with Gasteiger partial charge in [0.1, 0.15) is 5.82 Å². The Balaban J connectivity index is 2.57. The largest absolute Gasteiger partial charge is 0.313 e. The van der Waals surface area contributed by atoms with E-state index < -0.39 is 0 Å². The molecular formula is C13H16FN3. The second kappa shape index (κ2) is 4.67. The van der Waals surface area contributed by atoms with E-state index in [1.165, 1.54) is 6.07 Å². The summed E-state index contributed by atoms with van der Waals surface area (Å²) >= 11 is 0. The van der Waals surface area contributed by atoms with Gasteiger partial charge in [-0.3, -0.25) is 0 Å². The lowest BCUT2D eigenvalue weighted by molar-refractivity contribution is 0.557. The van der Waals surface area contributed by atoms with Crippen molar-refractivity contribution in [2.75, 3.05) is 7.05 Å². The lowest BCUT2D eigenvalue weighted by atomic mass is 10.1. The predicted octanol–water partition coefficient (Wildman–Crippen LogP) is 2.60. The van der Waals surface area contributed by atoms with Crippen LogP contribution < -0.4 is 5.32 Å². The summed E-state index contributed by atoms with van der Waals surface area (Å²) in [7, 11) is 1.81. The molecule has 2 rings (SSSR count). The number of aryl methyl sites for hydroxylation is 1. The summed E-state index contributed by atoms with van der Waals surface area (Å²) < 4.78 is 15.6. The number of rotatable bonds is 3. The van der Waals surface area contributed by atoms with Gasteiger partial charge in [0.15, 0.2) is 0 Å². The van der Waals surface area contributed by atoms with Gasteiger partial charge in [0.25, 0.3) is 0 Å². The zero-order chi connectivity index (χ0) is 12.4. The van der Waals surface area contributed by atoms with E-state index in [2.05, 4.69) is 10.4 Å². The highest BCUT2D eigenvalue weighted by atomic mass is 19.1. The quantitative estimate of drug-likeness (QED) is 0.883. The maximum atomic E-state index is 13.9. The number of benzene rings is 1. The van der Waals surface area contributed by atoms with Crippen LogP contribution in [0.5, 0.6) is 0 Å². The molecule has 0 amide bonds. The Kier molecular flexibility index (Phi) is 3.24. The van der Waals surface area contributed by atoms with Gasteiger partial charge in [-0.15, -0.1) is 0 Å². The van der Waals surface area contributed by atoms with Crippen LogP contribution >= 0.6 is 0 Å². The molecule has 2 aromatic rings. The van der Waals surface area contributed by atoms with E-state index in [0.29, 0.717) is 5.56 Å². The SMILES string of the molecule is CNC(C)c1c(F)cccc1-n1cc(C)cn1. The first-order valence-electron chi connectivity index (χ1n) is 5.61. The molecule has 17 heavy (non-hydrogen) atoms. The molecule has 0 aliphatic carbocycles. The summed E-state index contributed by atoms with van der Waals surface area (Å²) in [5.74, 6) is -0.211. The van der Waals surface area contributed by atoms with E-state index in [9.17, 15) is 4.39 Å². The summed E-state index contributed by atoms with van der Waals surface area (Å²) in [6.45, 7) is 3.89. The van der Waals surface area contributed by atoms with Crippen LogP contribution in [0, 0.1) is 12.7 Å². The second-order valence-corrected chi connectivity index (χ2v) is 4.15. The van der Waals surface area contributed by atoms with Crippen molar-refractivity contribution in [3.63, 3.8) is 0 Å². The van der Waals surface area contributed by atoms with Crippen LogP contribution in [-0.2, 0) is 0 Å². The molecule has 1 unspecified atom stereocenters. The fraction of sp³-hybridized carbons (Fsp3) is 0.308. The molecule has 1 aromatic heterocycles. The molecular weight excluding hydrogens is 217 g/mol. The summed E-state index contributed by atoms with van der Waals surface area (Å²) in [5, 5.41) is 7.28. The standard InChI is InChI=1S/C13H16FN3/c1-9-7-16-17(8-9)12-6-4-5-11(14)13(12)10(2)15-3/h4-8,10,15H,1-3H3. The summed E-state index contributed by atoms with van der Waals surface area (Å²) in [4.78, 5) is 0. The van der Waals surface area contributed by atoms with Crippen LogP contribution in [0.2, 0.25) is 0 Å². The second-order valence-electron chi connectivity index (χ2n) is 4.15. The van der Waals surface area contributed by atoms with E-state index >= 15 is 0 Å². The third-order valence-electron chi connectivity index (χ3n) is 2.85. The van der Waals surface area contributed by atoms with Crippen LogP contribution in [-0.4, -0.2) is 16.8 Å². The van der Waals surface area contributed by atoms with Gasteiger partial charge in [-0.25, -0.2) is 9.07 Å². The highest BCUT2D eigenvalue weighted by molar-refractivity contribution is 5.43. The van der Waals surface area contributed by atoms with Crippen LogP contribution in [0.1, 0.15) is 24.1 Å². The molecule has 1 N–H and O–H groups in total. The molecule has 0 spiro atoms. The first-order chi connectivity index (χ1) is 8.13. The van der Waals surface area contributed by atoms with E-state index in [-0.39, 0.29) is 11.9 Å². The molecule has 0 saturated carbocycles. The number of hydrogen-bond acceptors (Lipinski definition) is 2. The minimum Gasteiger partial charge on any atom is -0.313 e. The van der Waals surface area contributed by atoms with Gasteiger partial charge < -0.3 is 5.32 Å².